The first-order valence-electron chi connectivity index (χ1n) is 8.60. The summed E-state index contributed by atoms with van der Waals surface area (Å²) in [6.45, 7) is 1.44. The van der Waals surface area contributed by atoms with E-state index in [1.807, 2.05) is 30.3 Å². The summed E-state index contributed by atoms with van der Waals surface area (Å²) in [5.74, 6) is 0.517. The number of methoxy groups -OCH3 is 1. The van der Waals surface area contributed by atoms with Crippen molar-refractivity contribution in [2.75, 3.05) is 7.11 Å². The van der Waals surface area contributed by atoms with Gasteiger partial charge in [-0.3, -0.25) is 9.59 Å². The smallest absolute Gasteiger partial charge is 0.240 e. The van der Waals surface area contributed by atoms with Crippen molar-refractivity contribution in [3.8, 4) is 5.75 Å². The van der Waals surface area contributed by atoms with E-state index in [-0.39, 0.29) is 11.3 Å². The lowest BCUT2D eigenvalue weighted by Gasteiger charge is -2.19. The van der Waals surface area contributed by atoms with E-state index in [2.05, 4.69) is 5.10 Å². The first-order chi connectivity index (χ1) is 13.1. The van der Waals surface area contributed by atoms with Gasteiger partial charge < -0.3 is 9.15 Å². The fourth-order valence-corrected chi connectivity index (χ4v) is 3.32. The normalized spacial score (nSPS) is 16.4. The van der Waals surface area contributed by atoms with Gasteiger partial charge in [-0.2, -0.15) is 5.10 Å². The molecule has 136 valence electrons. The van der Waals surface area contributed by atoms with Crippen molar-refractivity contribution in [3.63, 3.8) is 0 Å². The van der Waals surface area contributed by atoms with E-state index in [0.29, 0.717) is 23.0 Å². The van der Waals surface area contributed by atoms with E-state index in [1.54, 1.807) is 25.3 Å². The van der Waals surface area contributed by atoms with Crippen LogP contribution < -0.4 is 10.2 Å². The molecule has 1 atom stereocenters. The van der Waals surface area contributed by atoms with Crippen LogP contribution in [0, 0.1) is 0 Å². The lowest BCUT2D eigenvalue weighted by Crippen LogP contribution is -2.28. The molecular formula is C21H18N2O4. The fourth-order valence-electron chi connectivity index (χ4n) is 3.32. The highest BCUT2D eigenvalue weighted by Crippen LogP contribution is 2.32. The standard InChI is InChI=1S/C21H18N2O4/c1-13(24)23-19(11-18(22-23)14-7-9-15(26-2)10-8-14)17-12-27-20-6-4-3-5-16(20)21(17)25/h3-10,12,19H,11H2,1-2H3. The predicted molar refractivity (Wildman–Crippen MR) is 102 cm³/mol. The zero-order valence-electron chi connectivity index (χ0n) is 15.0. The molecule has 0 radical (unpaired) electrons. The second kappa shape index (κ2) is 6.72. The van der Waals surface area contributed by atoms with Crippen molar-refractivity contribution in [3.05, 3.63) is 76.1 Å². The third-order valence-electron chi connectivity index (χ3n) is 4.72. The summed E-state index contributed by atoms with van der Waals surface area (Å²) in [5.41, 5.74) is 2.44. The number of hydrazone groups is 1. The summed E-state index contributed by atoms with van der Waals surface area (Å²) in [6.07, 6.45) is 1.88. The SMILES string of the molecule is COc1ccc(C2=NN(C(C)=O)C(c3coc4ccccc4c3=O)C2)cc1. The molecule has 1 aromatic heterocycles. The topological polar surface area (TPSA) is 72.1 Å². The van der Waals surface area contributed by atoms with E-state index in [0.717, 1.165) is 17.0 Å². The highest BCUT2D eigenvalue weighted by molar-refractivity contribution is 6.03. The largest absolute Gasteiger partial charge is 0.497 e. The van der Waals surface area contributed by atoms with Gasteiger partial charge in [0, 0.05) is 13.3 Å². The Bertz CT molecular complexity index is 1100. The molecule has 0 saturated carbocycles. The lowest BCUT2D eigenvalue weighted by atomic mass is 9.98. The van der Waals surface area contributed by atoms with Crippen molar-refractivity contribution in [2.24, 2.45) is 5.10 Å². The number of amides is 1. The molecule has 27 heavy (non-hydrogen) atoms. The second-order valence-corrected chi connectivity index (χ2v) is 6.38. The Morgan fingerprint density at radius 2 is 1.93 bits per heavy atom. The summed E-state index contributed by atoms with van der Waals surface area (Å²) >= 11 is 0. The van der Waals surface area contributed by atoms with Crippen LogP contribution in [0.1, 0.15) is 30.5 Å². The molecule has 0 bridgehead atoms. The Morgan fingerprint density at radius 3 is 2.63 bits per heavy atom. The maximum absolute atomic E-state index is 12.9. The summed E-state index contributed by atoms with van der Waals surface area (Å²) < 4.78 is 10.8. The molecule has 2 heterocycles. The van der Waals surface area contributed by atoms with E-state index < -0.39 is 6.04 Å². The van der Waals surface area contributed by atoms with Crippen LogP contribution in [-0.2, 0) is 4.79 Å². The highest BCUT2D eigenvalue weighted by atomic mass is 16.5. The average molecular weight is 362 g/mol. The number of nitrogens with zero attached hydrogens (tertiary/aromatic N) is 2. The summed E-state index contributed by atoms with van der Waals surface area (Å²) in [6, 6.07) is 14.1. The van der Waals surface area contributed by atoms with Crippen molar-refractivity contribution in [1.82, 2.24) is 5.01 Å². The number of rotatable bonds is 3. The van der Waals surface area contributed by atoms with Crippen LogP contribution in [0.4, 0.5) is 0 Å². The third-order valence-corrected chi connectivity index (χ3v) is 4.72. The number of fused-ring (bicyclic) bond motifs is 1. The number of hydrogen-bond donors (Lipinski definition) is 0. The number of ether oxygens (including phenoxy) is 1. The van der Waals surface area contributed by atoms with Gasteiger partial charge in [0.2, 0.25) is 5.91 Å². The zero-order valence-corrected chi connectivity index (χ0v) is 15.0. The summed E-state index contributed by atoms with van der Waals surface area (Å²) in [4.78, 5) is 25.1. The molecule has 1 aliphatic rings. The quantitative estimate of drug-likeness (QED) is 0.715. The molecule has 2 aromatic carbocycles. The maximum Gasteiger partial charge on any atom is 0.240 e. The van der Waals surface area contributed by atoms with Gasteiger partial charge in [0.05, 0.1) is 29.8 Å². The molecule has 0 saturated heterocycles. The van der Waals surface area contributed by atoms with Crippen LogP contribution in [0.2, 0.25) is 0 Å². The molecule has 4 rings (SSSR count). The number of benzene rings is 2. The Balaban J connectivity index is 1.74. The van der Waals surface area contributed by atoms with Gasteiger partial charge in [-0.15, -0.1) is 0 Å². The molecule has 0 spiro atoms. The molecule has 6 nitrogen and oxygen atoms in total. The van der Waals surface area contributed by atoms with Crippen molar-refractivity contribution < 1.29 is 13.9 Å². The van der Waals surface area contributed by atoms with Crippen LogP contribution >= 0.6 is 0 Å². The lowest BCUT2D eigenvalue weighted by molar-refractivity contribution is -0.130. The molecule has 1 amide bonds. The van der Waals surface area contributed by atoms with Gasteiger partial charge in [-0.25, -0.2) is 5.01 Å². The van der Waals surface area contributed by atoms with E-state index in [4.69, 9.17) is 9.15 Å². The fraction of sp³-hybridized carbons (Fsp3) is 0.190. The van der Waals surface area contributed by atoms with E-state index in [1.165, 1.54) is 18.2 Å². The highest BCUT2D eigenvalue weighted by Gasteiger charge is 2.33. The summed E-state index contributed by atoms with van der Waals surface area (Å²) in [5, 5.41) is 6.33. The number of carbonyl (C=O) groups excluding carboxylic acids is 1. The van der Waals surface area contributed by atoms with Crippen molar-refractivity contribution in [2.45, 2.75) is 19.4 Å². The Morgan fingerprint density at radius 1 is 1.19 bits per heavy atom. The van der Waals surface area contributed by atoms with Crippen LogP contribution in [0.5, 0.6) is 5.75 Å². The molecular weight excluding hydrogens is 344 g/mol. The average Bonchev–Trinajstić information content (AvgIpc) is 3.14. The number of hydrogen-bond acceptors (Lipinski definition) is 5. The van der Waals surface area contributed by atoms with Gasteiger partial charge in [-0.1, -0.05) is 12.1 Å². The van der Waals surface area contributed by atoms with Gasteiger partial charge in [0.15, 0.2) is 5.43 Å². The van der Waals surface area contributed by atoms with Gasteiger partial charge >= 0.3 is 0 Å². The van der Waals surface area contributed by atoms with E-state index >= 15 is 0 Å². The van der Waals surface area contributed by atoms with Gasteiger partial charge in [0.1, 0.15) is 17.6 Å². The van der Waals surface area contributed by atoms with Crippen molar-refractivity contribution >= 4 is 22.6 Å². The third kappa shape index (κ3) is 2.99. The van der Waals surface area contributed by atoms with Crippen LogP contribution in [0.25, 0.3) is 11.0 Å². The van der Waals surface area contributed by atoms with Crippen LogP contribution in [0.3, 0.4) is 0 Å². The minimum absolute atomic E-state index is 0.140. The Hall–Kier alpha value is -3.41. The van der Waals surface area contributed by atoms with E-state index in [9.17, 15) is 9.59 Å². The molecule has 1 aliphatic heterocycles. The minimum atomic E-state index is -0.486. The predicted octanol–water partition coefficient (Wildman–Crippen LogP) is 3.50. The second-order valence-electron chi connectivity index (χ2n) is 6.38. The monoisotopic (exact) mass is 362 g/mol. The van der Waals surface area contributed by atoms with Gasteiger partial charge in [0.25, 0.3) is 0 Å². The Labute approximate surface area is 155 Å². The number of carbonyl (C=O) groups is 1. The van der Waals surface area contributed by atoms with Crippen LogP contribution in [0.15, 0.2) is 69.1 Å². The molecule has 6 heteroatoms. The minimum Gasteiger partial charge on any atom is -0.497 e. The summed E-state index contributed by atoms with van der Waals surface area (Å²) in [7, 11) is 1.61. The first-order valence-corrected chi connectivity index (χ1v) is 8.60. The first kappa shape index (κ1) is 17.0. The van der Waals surface area contributed by atoms with Gasteiger partial charge in [-0.05, 0) is 42.0 Å². The van der Waals surface area contributed by atoms with Crippen LogP contribution in [-0.4, -0.2) is 23.7 Å². The molecule has 3 aromatic rings. The molecule has 1 unspecified atom stereocenters. The Kier molecular flexibility index (Phi) is 4.24. The molecule has 0 N–H and O–H groups in total. The molecule has 0 fully saturated rings. The molecule has 0 aliphatic carbocycles. The number of para-hydroxylation sites is 1. The maximum atomic E-state index is 12.9. The zero-order chi connectivity index (χ0) is 19.0. The van der Waals surface area contributed by atoms with Crippen molar-refractivity contribution in [1.29, 1.82) is 0 Å².